The predicted molar refractivity (Wildman–Crippen MR) is 131 cm³/mol. The summed E-state index contributed by atoms with van der Waals surface area (Å²) in [4.78, 5) is 21.3. The second kappa shape index (κ2) is 9.38. The maximum Gasteiger partial charge on any atom is 0.255 e. The first-order chi connectivity index (χ1) is 16.6. The number of aromatic nitrogens is 4. The molecule has 0 saturated carbocycles. The van der Waals surface area contributed by atoms with E-state index in [9.17, 15) is 4.79 Å². The Bertz CT molecular complexity index is 1450. The van der Waals surface area contributed by atoms with Gasteiger partial charge in [-0.1, -0.05) is 18.2 Å². The molecule has 2 aromatic carbocycles. The van der Waals surface area contributed by atoms with E-state index in [-0.39, 0.29) is 5.91 Å². The largest absolute Gasteiger partial charge is 0.457 e. The molecule has 0 unspecified atom stereocenters. The van der Waals surface area contributed by atoms with Crippen molar-refractivity contribution in [3.8, 4) is 33.9 Å². The topological polar surface area (TPSA) is 81.9 Å². The second-order valence-electron chi connectivity index (χ2n) is 7.68. The van der Waals surface area contributed by atoms with Crippen molar-refractivity contribution < 1.29 is 9.53 Å². The lowest BCUT2D eigenvalue weighted by molar-refractivity contribution is 0.102. The standard InChI is InChI=1S/C27H21N5O2/c1-32-18-22(17-30-32)26-16-25(10-13-29-26)34-24-7-3-6-23(15-24)31-27(33)21-5-2-4-20(14-21)19-8-11-28-12-9-19/h2-18H,1H3,(H,31,33). The Morgan fingerprint density at radius 1 is 0.853 bits per heavy atom. The Morgan fingerprint density at radius 3 is 2.50 bits per heavy atom. The molecule has 7 heteroatoms. The number of rotatable bonds is 6. The predicted octanol–water partition coefficient (Wildman–Crippen LogP) is 5.59. The highest BCUT2D eigenvalue weighted by atomic mass is 16.5. The summed E-state index contributed by atoms with van der Waals surface area (Å²) >= 11 is 0. The number of nitrogens with zero attached hydrogens (tertiary/aromatic N) is 4. The molecule has 0 spiro atoms. The summed E-state index contributed by atoms with van der Waals surface area (Å²) in [7, 11) is 1.86. The van der Waals surface area contributed by atoms with Crippen LogP contribution in [0.15, 0.2) is 104 Å². The Hall–Kier alpha value is -4.78. The molecule has 3 aromatic heterocycles. The molecule has 0 aliphatic heterocycles. The van der Waals surface area contributed by atoms with E-state index >= 15 is 0 Å². The quantitative estimate of drug-likeness (QED) is 0.367. The number of nitrogens with one attached hydrogen (secondary N) is 1. The summed E-state index contributed by atoms with van der Waals surface area (Å²) in [5.74, 6) is 1.05. The van der Waals surface area contributed by atoms with Gasteiger partial charge in [0, 0.05) is 60.8 Å². The Balaban J connectivity index is 1.31. The second-order valence-corrected chi connectivity index (χ2v) is 7.68. The lowest BCUT2D eigenvalue weighted by atomic mass is 10.0. The number of anilines is 1. The van der Waals surface area contributed by atoms with E-state index in [1.165, 1.54) is 0 Å². The van der Waals surface area contributed by atoms with Gasteiger partial charge in [-0.3, -0.25) is 19.4 Å². The fourth-order valence-corrected chi connectivity index (χ4v) is 3.55. The minimum atomic E-state index is -0.198. The fraction of sp³-hybridized carbons (Fsp3) is 0.0370. The summed E-state index contributed by atoms with van der Waals surface area (Å²) in [6.45, 7) is 0. The molecule has 34 heavy (non-hydrogen) atoms. The van der Waals surface area contributed by atoms with Crippen LogP contribution in [0.5, 0.6) is 11.5 Å². The molecule has 0 radical (unpaired) electrons. The number of benzene rings is 2. The van der Waals surface area contributed by atoms with Gasteiger partial charge in [0.05, 0.1) is 11.9 Å². The highest BCUT2D eigenvalue weighted by Gasteiger charge is 2.10. The maximum absolute atomic E-state index is 12.9. The lowest BCUT2D eigenvalue weighted by Crippen LogP contribution is -2.11. The average molecular weight is 447 g/mol. The molecule has 3 heterocycles. The first-order valence-corrected chi connectivity index (χ1v) is 10.7. The molecule has 1 amide bonds. The van der Waals surface area contributed by atoms with Crippen LogP contribution in [0.3, 0.4) is 0 Å². The number of pyridine rings is 2. The highest BCUT2D eigenvalue weighted by molar-refractivity contribution is 6.05. The Labute approximate surface area is 196 Å². The van der Waals surface area contributed by atoms with E-state index in [0.29, 0.717) is 22.7 Å². The Kier molecular flexibility index (Phi) is 5.82. The van der Waals surface area contributed by atoms with Crippen molar-refractivity contribution in [3.63, 3.8) is 0 Å². The van der Waals surface area contributed by atoms with E-state index in [4.69, 9.17) is 4.74 Å². The van der Waals surface area contributed by atoms with Crippen LogP contribution in [-0.4, -0.2) is 25.7 Å². The van der Waals surface area contributed by atoms with Crippen LogP contribution in [0, 0.1) is 0 Å². The van der Waals surface area contributed by atoms with Crippen molar-refractivity contribution in [2.24, 2.45) is 7.05 Å². The van der Waals surface area contributed by atoms with Crippen LogP contribution < -0.4 is 10.1 Å². The zero-order valence-electron chi connectivity index (χ0n) is 18.4. The van der Waals surface area contributed by atoms with Gasteiger partial charge in [0.15, 0.2) is 0 Å². The third-order valence-electron chi connectivity index (χ3n) is 5.20. The molecule has 0 atom stereocenters. The average Bonchev–Trinajstić information content (AvgIpc) is 3.31. The zero-order chi connectivity index (χ0) is 23.3. The highest BCUT2D eigenvalue weighted by Crippen LogP contribution is 2.27. The van der Waals surface area contributed by atoms with Gasteiger partial charge in [-0.25, -0.2) is 0 Å². The molecule has 0 aliphatic rings. The van der Waals surface area contributed by atoms with Crippen molar-refractivity contribution in [1.82, 2.24) is 19.7 Å². The maximum atomic E-state index is 12.9. The summed E-state index contributed by atoms with van der Waals surface area (Å²) < 4.78 is 7.75. The smallest absolute Gasteiger partial charge is 0.255 e. The van der Waals surface area contributed by atoms with Crippen molar-refractivity contribution >= 4 is 11.6 Å². The summed E-state index contributed by atoms with van der Waals surface area (Å²) in [6, 6.07) is 22.2. The number of carbonyl (C=O) groups is 1. The van der Waals surface area contributed by atoms with Crippen LogP contribution >= 0.6 is 0 Å². The van der Waals surface area contributed by atoms with Gasteiger partial charge in [-0.15, -0.1) is 0 Å². The minimum absolute atomic E-state index is 0.198. The number of aryl methyl sites for hydroxylation is 1. The van der Waals surface area contributed by atoms with Crippen LogP contribution in [0.25, 0.3) is 22.4 Å². The van der Waals surface area contributed by atoms with E-state index in [0.717, 1.165) is 22.4 Å². The summed E-state index contributed by atoms with van der Waals surface area (Å²) in [5, 5.41) is 7.13. The van der Waals surface area contributed by atoms with Crippen LogP contribution in [0.1, 0.15) is 10.4 Å². The normalized spacial score (nSPS) is 10.6. The van der Waals surface area contributed by atoms with Crippen molar-refractivity contribution in [1.29, 1.82) is 0 Å². The number of hydrogen-bond acceptors (Lipinski definition) is 5. The number of amides is 1. The van der Waals surface area contributed by atoms with Gasteiger partial charge in [0.2, 0.25) is 0 Å². The van der Waals surface area contributed by atoms with Crippen molar-refractivity contribution in [3.05, 3.63) is 109 Å². The molecule has 0 bridgehead atoms. The number of hydrogen-bond donors (Lipinski definition) is 1. The summed E-state index contributed by atoms with van der Waals surface area (Å²) in [6.07, 6.45) is 8.81. The van der Waals surface area contributed by atoms with E-state index in [1.807, 2.05) is 67.8 Å². The van der Waals surface area contributed by atoms with E-state index in [2.05, 4.69) is 20.4 Å². The van der Waals surface area contributed by atoms with Gasteiger partial charge < -0.3 is 10.1 Å². The van der Waals surface area contributed by atoms with E-state index in [1.54, 1.807) is 47.7 Å². The van der Waals surface area contributed by atoms with Crippen LogP contribution in [-0.2, 0) is 7.05 Å². The monoisotopic (exact) mass is 447 g/mol. The molecule has 5 rings (SSSR count). The van der Waals surface area contributed by atoms with Crippen LogP contribution in [0.2, 0.25) is 0 Å². The van der Waals surface area contributed by atoms with Crippen molar-refractivity contribution in [2.45, 2.75) is 0 Å². The molecule has 5 aromatic rings. The van der Waals surface area contributed by atoms with Crippen LogP contribution in [0.4, 0.5) is 5.69 Å². The molecule has 7 nitrogen and oxygen atoms in total. The van der Waals surface area contributed by atoms with Gasteiger partial charge >= 0.3 is 0 Å². The van der Waals surface area contributed by atoms with Gasteiger partial charge in [0.25, 0.3) is 5.91 Å². The van der Waals surface area contributed by atoms with Gasteiger partial charge in [-0.05, 0) is 53.6 Å². The third kappa shape index (κ3) is 4.83. The summed E-state index contributed by atoms with van der Waals surface area (Å²) in [5.41, 5.74) is 4.83. The Morgan fingerprint density at radius 2 is 1.68 bits per heavy atom. The van der Waals surface area contributed by atoms with Gasteiger partial charge in [-0.2, -0.15) is 5.10 Å². The first-order valence-electron chi connectivity index (χ1n) is 10.7. The third-order valence-corrected chi connectivity index (χ3v) is 5.20. The van der Waals surface area contributed by atoms with Crippen molar-refractivity contribution in [2.75, 3.05) is 5.32 Å². The fourth-order valence-electron chi connectivity index (χ4n) is 3.55. The molecule has 0 aliphatic carbocycles. The molecule has 166 valence electrons. The number of ether oxygens (including phenoxy) is 1. The molecule has 1 N–H and O–H groups in total. The SMILES string of the molecule is Cn1cc(-c2cc(Oc3cccc(NC(=O)c4cccc(-c5ccncc5)c4)c3)ccn2)cn1. The molecule has 0 saturated heterocycles. The minimum Gasteiger partial charge on any atom is -0.457 e. The molecular weight excluding hydrogens is 426 g/mol. The zero-order valence-corrected chi connectivity index (χ0v) is 18.4. The van der Waals surface area contributed by atoms with E-state index < -0.39 is 0 Å². The number of carbonyl (C=O) groups excluding carboxylic acids is 1. The molecule has 0 fully saturated rings. The lowest BCUT2D eigenvalue weighted by Gasteiger charge is -2.10. The first kappa shape index (κ1) is 21.1. The molecular formula is C27H21N5O2. The van der Waals surface area contributed by atoms with Gasteiger partial charge in [0.1, 0.15) is 11.5 Å².